The summed E-state index contributed by atoms with van der Waals surface area (Å²) in [5.41, 5.74) is 7.59. The van der Waals surface area contributed by atoms with Crippen LogP contribution in [0.1, 0.15) is 45.6 Å². The first-order valence-electron chi connectivity index (χ1n) is 6.56. The van der Waals surface area contributed by atoms with Crippen LogP contribution in [0.4, 0.5) is 0 Å². The van der Waals surface area contributed by atoms with Crippen molar-refractivity contribution in [1.82, 2.24) is 0 Å². The first-order valence-corrected chi connectivity index (χ1v) is 6.56. The number of benzene rings is 1. The molecule has 0 aliphatic heterocycles. The van der Waals surface area contributed by atoms with Crippen molar-refractivity contribution < 1.29 is 4.74 Å². The summed E-state index contributed by atoms with van der Waals surface area (Å²) < 4.78 is 5.73. The molecule has 94 valence electrons. The highest BCUT2D eigenvalue weighted by Crippen LogP contribution is 2.40. The highest BCUT2D eigenvalue weighted by molar-refractivity contribution is 5.34. The molecule has 0 spiro atoms. The van der Waals surface area contributed by atoms with E-state index in [1.54, 1.807) is 0 Å². The molecule has 0 aromatic heterocycles. The van der Waals surface area contributed by atoms with Crippen LogP contribution < -0.4 is 10.5 Å². The predicted molar refractivity (Wildman–Crippen MR) is 71.1 cm³/mol. The van der Waals surface area contributed by atoms with E-state index >= 15 is 0 Å². The van der Waals surface area contributed by atoms with Gasteiger partial charge in [0, 0.05) is 5.54 Å². The smallest absolute Gasteiger partial charge is 0.120 e. The predicted octanol–water partition coefficient (Wildman–Crippen LogP) is 3.45. The third-order valence-corrected chi connectivity index (χ3v) is 3.58. The van der Waals surface area contributed by atoms with E-state index in [9.17, 15) is 0 Å². The van der Waals surface area contributed by atoms with Gasteiger partial charge in [-0.1, -0.05) is 19.1 Å². The van der Waals surface area contributed by atoms with E-state index in [1.165, 1.54) is 12.0 Å². The molecule has 17 heavy (non-hydrogen) atoms. The second-order valence-corrected chi connectivity index (χ2v) is 5.70. The standard InChI is InChI=1S/C15H23NO/c1-11(2)17-14-6-4-5-13(9-14)15(16)8-7-12(3)10-15/h4-6,9,11-12H,7-8,10,16H2,1-3H3. The van der Waals surface area contributed by atoms with E-state index in [0.29, 0.717) is 0 Å². The van der Waals surface area contributed by atoms with Gasteiger partial charge in [0.1, 0.15) is 5.75 Å². The number of nitrogens with two attached hydrogens (primary N) is 1. The molecule has 0 amide bonds. The molecule has 2 nitrogen and oxygen atoms in total. The van der Waals surface area contributed by atoms with Crippen molar-refractivity contribution in [2.45, 2.75) is 51.7 Å². The van der Waals surface area contributed by atoms with Crippen LogP contribution in [0.25, 0.3) is 0 Å². The van der Waals surface area contributed by atoms with Crippen LogP contribution in [0.2, 0.25) is 0 Å². The molecule has 2 N–H and O–H groups in total. The fraction of sp³-hybridized carbons (Fsp3) is 0.600. The maximum Gasteiger partial charge on any atom is 0.120 e. The summed E-state index contributed by atoms with van der Waals surface area (Å²) in [6, 6.07) is 8.29. The SMILES string of the molecule is CC1CCC(N)(c2cccc(OC(C)C)c2)C1. The molecule has 1 fully saturated rings. The van der Waals surface area contributed by atoms with Crippen molar-refractivity contribution in [3.63, 3.8) is 0 Å². The Morgan fingerprint density at radius 3 is 2.76 bits per heavy atom. The first kappa shape index (κ1) is 12.4. The minimum absolute atomic E-state index is 0.143. The Morgan fingerprint density at radius 1 is 1.41 bits per heavy atom. The van der Waals surface area contributed by atoms with E-state index in [0.717, 1.165) is 24.5 Å². The Morgan fingerprint density at radius 2 is 2.18 bits per heavy atom. The second-order valence-electron chi connectivity index (χ2n) is 5.70. The molecule has 2 atom stereocenters. The molecule has 1 aromatic carbocycles. The Bertz CT molecular complexity index is 388. The zero-order chi connectivity index (χ0) is 12.5. The monoisotopic (exact) mass is 233 g/mol. The molecular formula is C15H23NO. The number of rotatable bonds is 3. The molecule has 2 heteroatoms. The molecule has 1 aliphatic rings. The fourth-order valence-electron chi connectivity index (χ4n) is 2.74. The summed E-state index contributed by atoms with van der Waals surface area (Å²) >= 11 is 0. The lowest BCUT2D eigenvalue weighted by Gasteiger charge is -2.25. The van der Waals surface area contributed by atoms with Crippen LogP contribution >= 0.6 is 0 Å². The van der Waals surface area contributed by atoms with Gasteiger partial charge in [-0.2, -0.15) is 0 Å². The Hall–Kier alpha value is -1.02. The molecular weight excluding hydrogens is 210 g/mol. The number of ether oxygens (including phenoxy) is 1. The molecule has 0 bridgehead atoms. The Balaban J connectivity index is 2.21. The normalized spacial score (nSPS) is 28.6. The highest BCUT2D eigenvalue weighted by atomic mass is 16.5. The second kappa shape index (κ2) is 4.69. The third kappa shape index (κ3) is 2.81. The van der Waals surface area contributed by atoms with E-state index in [4.69, 9.17) is 10.5 Å². The zero-order valence-corrected chi connectivity index (χ0v) is 11.1. The lowest BCUT2D eigenvalue weighted by Crippen LogP contribution is -2.33. The summed E-state index contributed by atoms with van der Waals surface area (Å²) in [5, 5.41) is 0. The summed E-state index contributed by atoms with van der Waals surface area (Å²) in [6.45, 7) is 6.37. The summed E-state index contributed by atoms with van der Waals surface area (Å²) in [5.74, 6) is 1.66. The maximum absolute atomic E-state index is 6.51. The molecule has 2 rings (SSSR count). The minimum atomic E-state index is -0.143. The average molecular weight is 233 g/mol. The molecule has 2 unspecified atom stereocenters. The summed E-state index contributed by atoms with van der Waals surface area (Å²) in [6.07, 6.45) is 3.60. The molecule has 0 heterocycles. The van der Waals surface area contributed by atoms with Crippen molar-refractivity contribution in [2.75, 3.05) is 0 Å². The largest absolute Gasteiger partial charge is 0.491 e. The van der Waals surface area contributed by atoms with E-state index in [1.807, 2.05) is 26.0 Å². The Kier molecular flexibility index (Phi) is 3.43. The van der Waals surface area contributed by atoms with E-state index < -0.39 is 0 Å². The van der Waals surface area contributed by atoms with Crippen LogP contribution in [0, 0.1) is 5.92 Å². The van der Waals surface area contributed by atoms with Gasteiger partial charge in [-0.25, -0.2) is 0 Å². The van der Waals surface area contributed by atoms with Gasteiger partial charge < -0.3 is 10.5 Å². The van der Waals surface area contributed by atoms with Crippen LogP contribution in [-0.2, 0) is 5.54 Å². The van der Waals surface area contributed by atoms with E-state index in [2.05, 4.69) is 19.1 Å². The molecule has 1 saturated carbocycles. The van der Waals surface area contributed by atoms with E-state index in [-0.39, 0.29) is 11.6 Å². The van der Waals surface area contributed by atoms with Crippen molar-refractivity contribution in [2.24, 2.45) is 11.7 Å². The topological polar surface area (TPSA) is 35.2 Å². The van der Waals surface area contributed by atoms with Crippen LogP contribution in [0.3, 0.4) is 0 Å². The maximum atomic E-state index is 6.51. The van der Waals surface area contributed by atoms with Gasteiger partial charge in [0.2, 0.25) is 0 Å². The van der Waals surface area contributed by atoms with Gasteiger partial charge in [0.15, 0.2) is 0 Å². The van der Waals surface area contributed by atoms with Crippen LogP contribution in [0.15, 0.2) is 24.3 Å². The minimum Gasteiger partial charge on any atom is -0.491 e. The zero-order valence-electron chi connectivity index (χ0n) is 11.1. The van der Waals surface area contributed by atoms with Crippen LogP contribution in [-0.4, -0.2) is 6.10 Å². The number of hydrogen-bond donors (Lipinski definition) is 1. The van der Waals surface area contributed by atoms with Gasteiger partial charge in [0.25, 0.3) is 0 Å². The van der Waals surface area contributed by atoms with Crippen LogP contribution in [0.5, 0.6) is 5.75 Å². The first-order chi connectivity index (χ1) is 7.99. The molecule has 0 saturated heterocycles. The molecule has 0 radical (unpaired) electrons. The summed E-state index contributed by atoms with van der Waals surface area (Å²) in [7, 11) is 0. The van der Waals surface area contributed by atoms with Gasteiger partial charge in [-0.05, 0) is 56.7 Å². The molecule has 1 aromatic rings. The lowest BCUT2D eigenvalue weighted by atomic mass is 9.88. The van der Waals surface area contributed by atoms with Crippen molar-refractivity contribution in [1.29, 1.82) is 0 Å². The Labute approximate surface area is 104 Å². The van der Waals surface area contributed by atoms with Gasteiger partial charge in [-0.3, -0.25) is 0 Å². The van der Waals surface area contributed by atoms with Crippen molar-refractivity contribution in [3.05, 3.63) is 29.8 Å². The third-order valence-electron chi connectivity index (χ3n) is 3.58. The average Bonchev–Trinajstić information content (AvgIpc) is 2.59. The fourth-order valence-corrected chi connectivity index (χ4v) is 2.74. The molecule has 1 aliphatic carbocycles. The summed E-state index contributed by atoms with van der Waals surface area (Å²) in [4.78, 5) is 0. The quantitative estimate of drug-likeness (QED) is 0.868. The van der Waals surface area contributed by atoms with Gasteiger partial charge in [-0.15, -0.1) is 0 Å². The number of hydrogen-bond acceptors (Lipinski definition) is 2. The lowest BCUT2D eigenvalue weighted by molar-refractivity contribution is 0.241. The highest BCUT2D eigenvalue weighted by Gasteiger charge is 2.35. The van der Waals surface area contributed by atoms with Crippen molar-refractivity contribution >= 4 is 0 Å². The van der Waals surface area contributed by atoms with Crippen molar-refractivity contribution in [3.8, 4) is 5.75 Å². The van der Waals surface area contributed by atoms with Gasteiger partial charge >= 0.3 is 0 Å². The van der Waals surface area contributed by atoms with Gasteiger partial charge in [0.05, 0.1) is 6.10 Å².